The molecule has 0 fully saturated rings. The molecule has 0 saturated heterocycles. The fourth-order valence-corrected chi connectivity index (χ4v) is 2.07. The Balaban J connectivity index is 1.68. The Bertz CT molecular complexity index is 882. The summed E-state index contributed by atoms with van der Waals surface area (Å²) >= 11 is 0. The normalized spacial score (nSPS) is 10.5. The number of nitro benzene ring substituents is 1. The molecule has 3 rings (SSSR count). The molecule has 24 heavy (non-hydrogen) atoms. The van der Waals surface area contributed by atoms with Gasteiger partial charge in [-0.3, -0.25) is 10.1 Å². The molecule has 3 aromatic rings. The number of furan rings is 1. The third-order valence-corrected chi connectivity index (χ3v) is 3.32. The fourth-order valence-electron chi connectivity index (χ4n) is 2.07. The zero-order valence-corrected chi connectivity index (χ0v) is 12.6. The molecule has 0 N–H and O–H groups in total. The van der Waals surface area contributed by atoms with E-state index >= 15 is 0 Å². The average molecular weight is 328 g/mol. The highest BCUT2D eigenvalue weighted by molar-refractivity contribution is 5.90. The van der Waals surface area contributed by atoms with Gasteiger partial charge in [-0.05, 0) is 25.1 Å². The molecule has 0 amide bonds. The van der Waals surface area contributed by atoms with E-state index in [2.05, 4.69) is 5.16 Å². The van der Waals surface area contributed by atoms with E-state index in [-0.39, 0.29) is 17.9 Å². The van der Waals surface area contributed by atoms with Crippen LogP contribution in [-0.2, 0) is 11.3 Å². The highest BCUT2D eigenvalue weighted by atomic mass is 16.6. The SMILES string of the molecule is Cc1ccc(C(=O)OCc2cc(-c3ccco3)on2)cc1[N+](=O)[O-]. The summed E-state index contributed by atoms with van der Waals surface area (Å²) in [7, 11) is 0. The van der Waals surface area contributed by atoms with Gasteiger partial charge in [-0.15, -0.1) is 0 Å². The second kappa shape index (κ2) is 6.37. The molecule has 0 unspecified atom stereocenters. The summed E-state index contributed by atoms with van der Waals surface area (Å²) in [5, 5.41) is 14.7. The second-order valence-corrected chi connectivity index (χ2v) is 4.99. The van der Waals surface area contributed by atoms with Gasteiger partial charge in [0.2, 0.25) is 5.76 Å². The van der Waals surface area contributed by atoms with Crippen molar-refractivity contribution in [1.29, 1.82) is 0 Å². The zero-order chi connectivity index (χ0) is 17.1. The lowest BCUT2D eigenvalue weighted by molar-refractivity contribution is -0.385. The number of benzene rings is 1. The van der Waals surface area contributed by atoms with E-state index in [1.807, 2.05) is 0 Å². The van der Waals surface area contributed by atoms with Gasteiger partial charge in [-0.2, -0.15) is 0 Å². The van der Waals surface area contributed by atoms with E-state index in [0.29, 0.717) is 22.8 Å². The molecule has 0 aliphatic carbocycles. The molecule has 0 aliphatic rings. The van der Waals surface area contributed by atoms with Gasteiger partial charge >= 0.3 is 5.97 Å². The van der Waals surface area contributed by atoms with Crippen LogP contribution in [0.3, 0.4) is 0 Å². The Labute approximate surface area is 135 Å². The third-order valence-electron chi connectivity index (χ3n) is 3.32. The number of aryl methyl sites for hydroxylation is 1. The molecule has 2 heterocycles. The quantitative estimate of drug-likeness (QED) is 0.400. The summed E-state index contributed by atoms with van der Waals surface area (Å²) in [5.74, 6) is 0.243. The number of nitro groups is 1. The van der Waals surface area contributed by atoms with Crippen LogP contribution in [0.15, 0.2) is 51.6 Å². The van der Waals surface area contributed by atoms with Gasteiger partial charge in [0.15, 0.2) is 5.76 Å². The fraction of sp³-hybridized carbons (Fsp3) is 0.125. The number of hydrogen-bond donors (Lipinski definition) is 0. The highest BCUT2D eigenvalue weighted by Crippen LogP contribution is 2.22. The van der Waals surface area contributed by atoms with Crippen LogP contribution in [0, 0.1) is 17.0 Å². The number of carbonyl (C=O) groups is 1. The molecular weight excluding hydrogens is 316 g/mol. The minimum Gasteiger partial charge on any atom is -0.461 e. The summed E-state index contributed by atoms with van der Waals surface area (Å²) in [5.41, 5.74) is 0.834. The van der Waals surface area contributed by atoms with Crippen LogP contribution in [0.25, 0.3) is 11.5 Å². The van der Waals surface area contributed by atoms with E-state index in [9.17, 15) is 14.9 Å². The first-order valence-corrected chi connectivity index (χ1v) is 6.96. The first-order chi connectivity index (χ1) is 11.5. The van der Waals surface area contributed by atoms with Gasteiger partial charge in [0.25, 0.3) is 5.69 Å². The van der Waals surface area contributed by atoms with E-state index < -0.39 is 10.9 Å². The largest absolute Gasteiger partial charge is 0.461 e. The molecule has 0 aliphatic heterocycles. The van der Waals surface area contributed by atoms with Gasteiger partial charge in [0, 0.05) is 17.7 Å². The van der Waals surface area contributed by atoms with Gasteiger partial charge in [-0.25, -0.2) is 4.79 Å². The number of hydrogen-bond acceptors (Lipinski definition) is 7. The third kappa shape index (κ3) is 3.17. The van der Waals surface area contributed by atoms with E-state index in [1.54, 1.807) is 25.1 Å². The Hall–Kier alpha value is -3.42. The summed E-state index contributed by atoms with van der Waals surface area (Å²) in [6.45, 7) is 1.48. The predicted octanol–water partition coefficient (Wildman–Crippen LogP) is 3.51. The molecule has 2 aromatic heterocycles. The molecule has 0 atom stereocenters. The molecule has 8 nitrogen and oxygen atoms in total. The maximum atomic E-state index is 12.0. The summed E-state index contributed by atoms with van der Waals surface area (Å²) in [6.07, 6.45) is 1.50. The van der Waals surface area contributed by atoms with E-state index in [0.717, 1.165) is 0 Å². The van der Waals surface area contributed by atoms with E-state index in [1.165, 1.54) is 24.5 Å². The molecular formula is C16H12N2O6. The van der Waals surface area contributed by atoms with Crippen LogP contribution in [-0.4, -0.2) is 16.0 Å². The first-order valence-electron chi connectivity index (χ1n) is 6.96. The molecule has 0 radical (unpaired) electrons. The second-order valence-electron chi connectivity index (χ2n) is 4.99. The number of rotatable bonds is 5. The van der Waals surface area contributed by atoms with Crippen molar-refractivity contribution in [2.24, 2.45) is 0 Å². The lowest BCUT2D eigenvalue weighted by Crippen LogP contribution is -2.06. The highest BCUT2D eigenvalue weighted by Gasteiger charge is 2.17. The summed E-state index contributed by atoms with van der Waals surface area (Å²) < 4.78 is 15.4. The van der Waals surface area contributed by atoms with Crippen LogP contribution in [0.1, 0.15) is 21.6 Å². The van der Waals surface area contributed by atoms with Gasteiger partial charge < -0.3 is 13.7 Å². The van der Waals surface area contributed by atoms with Crippen molar-refractivity contribution in [2.45, 2.75) is 13.5 Å². The average Bonchev–Trinajstić information content (AvgIpc) is 3.24. The van der Waals surface area contributed by atoms with Crippen molar-refractivity contribution in [3.05, 3.63) is 69.6 Å². The predicted molar refractivity (Wildman–Crippen MR) is 81.2 cm³/mol. The maximum Gasteiger partial charge on any atom is 0.338 e. The zero-order valence-electron chi connectivity index (χ0n) is 12.6. The molecule has 0 spiro atoms. The van der Waals surface area contributed by atoms with Crippen LogP contribution >= 0.6 is 0 Å². The van der Waals surface area contributed by atoms with Crippen molar-refractivity contribution in [3.8, 4) is 11.5 Å². The lowest BCUT2D eigenvalue weighted by atomic mass is 10.1. The lowest BCUT2D eigenvalue weighted by Gasteiger charge is -2.03. The Kier molecular flexibility index (Phi) is 4.11. The Morgan fingerprint density at radius 2 is 2.12 bits per heavy atom. The maximum absolute atomic E-state index is 12.0. The molecule has 0 bridgehead atoms. The van der Waals surface area contributed by atoms with Crippen LogP contribution in [0.2, 0.25) is 0 Å². The molecule has 122 valence electrons. The number of aromatic nitrogens is 1. The van der Waals surface area contributed by atoms with Crippen molar-refractivity contribution in [2.75, 3.05) is 0 Å². The van der Waals surface area contributed by atoms with Crippen molar-refractivity contribution >= 4 is 11.7 Å². The summed E-state index contributed by atoms with van der Waals surface area (Å²) in [4.78, 5) is 22.4. The van der Waals surface area contributed by atoms with Gasteiger partial charge in [-0.1, -0.05) is 11.2 Å². The molecule has 1 aromatic carbocycles. The minimum absolute atomic E-state index is 0.0991. The van der Waals surface area contributed by atoms with Crippen LogP contribution < -0.4 is 0 Å². The summed E-state index contributed by atoms with van der Waals surface area (Å²) in [6, 6.07) is 9.17. The Morgan fingerprint density at radius 3 is 2.83 bits per heavy atom. The van der Waals surface area contributed by atoms with Crippen molar-refractivity contribution < 1.29 is 23.4 Å². The first kappa shape index (κ1) is 15.5. The van der Waals surface area contributed by atoms with Crippen LogP contribution in [0.4, 0.5) is 5.69 Å². The molecule has 8 heteroatoms. The number of carbonyl (C=O) groups excluding carboxylic acids is 1. The monoisotopic (exact) mass is 328 g/mol. The molecule has 0 saturated carbocycles. The van der Waals surface area contributed by atoms with E-state index in [4.69, 9.17) is 13.7 Å². The van der Waals surface area contributed by atoms with Crippen molar-refractivity contribution in [1.82, 2.24) is 5.16 Å². The van der Waals surface area contributed by atoms with Gasteiger partial charge in [0.05, 0.1) is 16.7 Å². The number of esters is 1. The topological polar surface area (TPSA) is 109 Å². The van der Waals surface area contributed by atoms with Crippen molar-refractivity contribution in [3.63, 3.8) is 0 Å². The number of ether oxygens (including phenoxy) is 1. The number of nitrogens with zero attached hydrogens (tertiary/aromatic N) is 2. The van der Waals surface area contributed by atoms with Gasteiger partial charge in [0.1, 0.15) is 12.3 Å². The minimum atomic E-state index is -0.680. The Morgan fingerprint density at radius 1 is 1.29 bits per heavy atom. The van der Waals surface area contributed by atoms with Crippen LogP contribution in [0.5, 0.6) is 0 Å². The standard InChI is InChI=1S/C16H12N2O6/c1-10-4-5-11(7-13(10)18(20)21)16(19)23-9-12-8-15(24-17-12)14-3-2-6-22-14/h2-8H,9H2,1H3. The smallest absolute Gasteiger partial charge is 0.338 e.